The first-order valence-electron chi connectivity index (χ1n) is 15.1. The molecular formula is C42H29ClN2. The van der Waals surface area contributed by atoms with E-state index in [1.165, 1.54) is 38.5 Å². The number of para-hydroxylation sites is 2. The number of benzene rings is 7. The molecule has 0 spiro atoms. The Morgan fingerprint density at radius 1 is 0.378 bits per heavy atom. The highest BCUT2D eigenvalue weighted by molar-refractivity contribution is 6.30. The van der Waals surface area contributed by atoms with E-state index in [1.54, 1.807) is 0 Å². The molecule has 0 aliphatic heterocycles. The number of rotatable bonds is 6. The van der Waals surface area contributed by atoms with Crippen LogP contribution in [0.2, 0.25) is 5.02 Å². The highest BCUT2D eigenvalue weighted by Gasteiger charge is 2.15. The Bertz CT molecular complexity index is 2200. The standard InChI is InChI=1S/C42H29ClN2/c43-34-11-8-12-38(29-34)44(35-23-17-31(18-24-35)30-9-2-1-3-10-30)36-25-19-32(20-26-36)33-21-27-37(28-22-33)45-41-15-6-4-13-39(41)40-14-5-7-16-42(40)45/h1-29H. The lowest BCUT2D eigenvalue weighted by atomic mass is 10.0. The summed E-state index contributed by atoms with van der Waals surface area (Å²) in [4.78, 5) is 2.25. The summed E-state index contributed by atoms with van der Waals surface area (Å²) >= 11 is 6.46. The molecule has 2 nitrogen and oxygen atoms in total. The third kappa shape index (κ3) is 5.06. The van der Waals surface area contributed by atoms with Crippen LogP contribution in [0.5, 0.6) is 0 Å². The minimum absolute atomic E-state index is 0.707. The van der Waals surface area contributed by atoms with E-state index in [0.717, 1.165) is 28.3 Å². The van der Waals surface area contributed by atoms with Gasteiger partial charge in [0.1, 0.15) is 0 Å². The highest BCUT2D eigenvalue weighted by Crippen LogP contribution is 2.38. The molecule has 0 bridgehead atoms. The molecule has 0 saturated heterocycles. The third-order valence-electron chi connectivity index (χ3n) is 8.46. The molecule has 0 N–H and O–H groups in total. The van der Waals surface area contributed by atoms with E-state index in [9.17, 15) is 0 Å². The van der Waals surface area contributed by atoms with Gasteiger partial charge in [-0.25, -0.2) is 0 Å². The first-order chi connectivity index (χ1) is 22.2. The molecule has 7 aromatic carbocycles. The SMILES string of the molecule is Clc1cccc(N(c2ccc(-c3ccccc3)cc2)c2ccc(-c3ccc(-n4c5ccccc5c5ccccc54)cc3)cc2)c1. The van der Waals surface area contributed by atoms with Gasteiger partial charge in [0.2, 0.25) is 0 Å². The van der Waals surface area contributed by atoms with Crippen LogP contribution in [0.25, 0.3) is 49.7 Å². The van der Waals surface area contributed by atoms with Gasteiger partial charge in [-0.3, -0.25) is 0 Å². The second kappa shape index (κ2) is 11.5. The van der Waals surface area contributed by atoms with Crippen LogP contribution in [0.1, 0.15) is 0 Å². The van der Waals surface area contributed by atoms with Crippen LogP contribution < -0.4 is 4.90 Å². The van der Waals surface area contributed by atoms with Gasteiger partial charge in [-0.2, -0.15) is 0 Å². The Labute approximate surface area is 268 Å². The van der Waals surface area contributed by atoms with Gasteiger partial charge in [0.05, 0.1) is 11.0 Å². The second-order valence-electron chi connectivity index (χ2n) is 11.2. The lowest BCUT2D eigenvalue weighted by Crippen LogP contribution is -2.09. The van der Waals surface area contributed by atoms with Gasteiger partial charge in [0, 0.05) is 38.5 Å². The third-order valence-corrected chi connectivity index (χ3v) is 8.70. The highest BCUT2D eigenvalue weighted by atomic mass is 35.5. The van der Waals surface area contributed by atoms with Crippen molar-refractivity contribution in [1.82, 2.24) is 4.57 Å². The van der Waals surface area contributed by atoms with E-state index in [-0.39, 0.29) is 0 Å². The maximum Gasteiger partial charge on any atom is 0.0541 e. The summed E-state index contributed by atoms with van der Waals surface area (Å²) in [5.41, 5.74) is 11.5. The molecule has 1 heterocycles. The van der Waals surface area contributed by atoms with Gasteiger partial charge in [-0.05, 0) is 89.0 Å². The summed E-state index contributed by atoms with van der Waals surface area (Å²) in [6.45, 7) is 0. The summed E-state index contributed by atoms with van der Waals surface area (Å²) in [5, 5.41) is 3.25. The molecule has 8 rings (SSSR count). The molecule has 0 amide bonds. The Morgan fingerprint density at radius 2 is 0.844 bits per heavy atom. The molecule has 0 radical (unpaired) electrons. The van der Waals surface area contributed by atoms with Gasteiger partial charge < -0.3 is 9.47 Å². The van der Waals surface area contributed by atoms with Crippen molar-refractivity contribution in [2.24, 2.45) is 0 Å². The number of hydrogen-bond donors (Lipinski definition) is 0. The number of aromatic nitrogens is 1. The minimum Gasteiger partial charge on any atom is -0.310 e. The fourth-order valence-corrected chi connectivity index (χ4v) is 6.49. The van der Waals surface area contributed by atoms with E-state index in [2.05, 4.69) is 161 Å². The van der Waals surface area contributed by atoms with Crippen LogP contribution in [-0.4, -0.2) is 4.57 Å². The van der Waals surface area contributed by atoms with E-state index in [0.29, 0.717) is 5.02 Å². The van der Waals surface area contributed by atoms with Gasteiger partial charge in [0.25, 0.3) is 0 Å². The van der Waals surface area contributed by atoms with Gasteiger partial charge >= 0.3 is 0 Å². The summed E-state index contributed by atoms with van der Waals surface area (Å²) in [6, 6.07) is 62.0. The quantitative estimate of drug-likeness (QED) is 0.185. The average molecular weight is 597 g/mol. The molecule has 0 saturated carbocycles. The van der Waals surface area contributed by atoms with Crippen molar-refractivity contribution in [2.45, 2.75) is 0 Å². The molecule has 214 valence electrons. The molecule has 8 aromatic rings. The number of fused-ring (bicyclic) bond motifs is 3. The van der Waals surface area contributed by atoms with Crippen molar-refractivity contribution >= 4 is 50.5 Å². The zero-order chi connectivity index (χ0) is 30.2. The van der Waals surface area contributed by atoms with Crippen molar-refractivity contribution < 1.29 is 0 Å². The molecule has 0 fully saturated rings. The average Bonchev–Trinajstić information content (AvgIpc) is 3.44. The fourth-order valence-electron chi connectivity index (χ4n) is 6.30. The predicted octanol–water partition coefficient (Wildman–Crippen LogP) is 12.2. The first-order valence-corrected chi connectivity index (χ1v) is 15.5. The van der Waals surface area contributed by atoms with E-state index >= 15 is 0 Å². The zero-order valence-electron chi connectivity index (χ0n) is 24.5. The zero-order valence-corrected chi connectivity index (χ0v) is 25.3. The smallest absolute Gasteiger partial charge is 0.0541 e. The van der Waals surface area contributed by atoms with Crippen LogP contribution in [0.3, 0.4) is 0 Å². The molecule has 0 atom stereocenters. The molecular weight excluding hydrogens is 568 g/mol. The van der Waals surface area contributed by atoms with E-state index in [4.69, 9.17) is 11.6 Å². The number of nitrogens with zero attached hydrogens (tertiary/aromatic N) is 2. The fraction of sp³-hybridized carbons (Fsp3) is 0. The predicted molar refractivity (Wildman–Crippen MR) is 191 cm³/mol. The lowest BCUT2D eigenvalue weighted by molar-refractivity contribution is 1.18. The largest absolute Gasteiger partial charge is 0.310 e. The molecule has 3 heteroatoms. The monoisotopic (exact) mass is 596 g/mol. The molecule has 0 aliphatic carbocycles. The van der Waals surface area contributed by atoms with Crippen LogP contribution >= 0.6 is 11.6 Å². The Balaban J connectivity index is 1.13. The second-order valence-corrected chi connectivity index (χ2v) is 11.6. The van der Waals surface area contributed by atoms with Crippen molar-refractivity contribution in [3.63, 3.8) is 0 Å². The molecule has 0 unspecified atom stereocenters. The number of hydrogen-bond acceptors (Lipinski definition) is 1. The number of halogens is 1. The van der Waals surface area contributed by atoms with Crippen LogP contribution in [0, 0.1) is 0 Å². The maximum absolute atomic E-state index is 6.46. The Morgan fingerprint density at radius 3 is 1.38 bits per heavy atom. The first kappa shape index (κ1) is 27.0. The maximum atomic E-state index is 6.46. The van der Waals surface area contributed by atoms with Crippen molar-refractivity contribution in [3.8, 4) is 27.9 Å². The van der Waals surface area contributed by atoms with Gasteiger partial charge in [-0.15, -0.1) is 0 Å². The number of anilines is 3. The summed E-state index contributed by atoms with van der Waals surface area (Å²) in [6.07, 6.45) is 0. The molecule has 45 heavy (non-hydrogen) atoms. The summed E-state index contributed by atoms with van der Waals surface area (Å²) in [5.74, 6) is 0. The summed E-state index contributed by atoms with van der Waals surface area (Å²) < 4.78 is 2.35. The molecule has 0 aliphatic rings. The van der Waals surface area contributed by atoms with Crippen LogP contribution in [0.15, 0.2) is 176 Å². The lowest BCUT2D eigenvalue weighted by Gasteiger charge is -2.26. The normalized spacial score (nSPS) is 11.2. The van der Waals surface area contributed by atoms with Crippen LogP contribution in [-0.2, 0) is 0 Å². The Kier molecular flexibility index (Phi) is 6.90. The summed E-state index contributed by atoms with van der Waals surface area (Å²) in [7, 11) is 0. The minimum atomic E-state index is 0.707. The van der Waals surface area contributed by atoms with Crippen molar-refractivity contribution in [2.75, 3.05) is 4.90 Å². The van der Waals surface area contributed by atoms with E-state index < -0.39 is 0 Å². The topological polar surface area (TPSA) is 8.17 Å². The molecule has 1 aromatic heterocycles. The van der Waals surface area contributed by atoms with Crippen molar-refractivity contribution in [3.05, 3.63) is 181 Å². The van der Waals surface area contributed by atoms with Gasteiger partial charge in [0.15, 0.2) is 0 Å². The Hall–Kier alpha value is -5.57. The van der Waals surface area contributed by atoms with Crippen LogP contribution in [0.4, 0.5) is 17.1 Å². The van der Waals surface area contributed by atoms with E-state index in [1.807, 2.05) is 24.3 Å². The van der Waals surface area contributed by atoms with Crippen molar-refractivity contribution in [1.29, 1.82) is 0 Å². The van der Waals surface area contributed by atoms with Gasteiger partial charge in [-0.1, -0.05) is 121 Å².